The molecule has 3 heterocycles. The van der Waals surface area contributed by atoms with Gasteiger partial charge in [-0.15, -0.1) is 11.3 Å². The molecule has 3 aromatic heterocycles. The molecule has 6 heteroatoms. The van der Waals surface area contributed by atoms with Crippen LogP contribution in [0.1, 0.15) is 17.2 Å². The molecule has 1 atom stereocenters. The highest BCUT2D eigenvalue weighted by atomic mass is 35.5. The van der Waals surface area contributed by atoms with Gasteiger partial charge in [0, 0.05) is 34.7 Å². The first-order valence-corrected chi connectivity index (χ1v) is 9.78. The van der Waals surface area contributed by atoms with Crippen LogP contribution in [0.3, 0.4) is 0 Å². The maximum Gasteiger partial charge on any atom is 0.147 e. The predicted octanol–water partition coefficient (Wildman–Crippen LogP) is 5.50. The molecule has 0 unspecified atom stereocenters. The van der Waals surface area contributed by atoms with Gasteiger partial charge in [-0.05, 0) is 61.1 Å². The fourth-order valence-electron chi connectivity index (χ4n) is 3.24. The van der Waals surface area contributed by atoms with Crippen LogP contribution >= 0.6 is 22.9 Å². The number of hydrogen-bond acceptors (Lipinski definition) is 4. The van der Waals surface area contributed by atoms with Crippen molar-refractivity contribution in [1.82, 2.24) is 19.9 Å². The molecule has 0 aliphatic carbocycles. The van der Waals surface area contributed by atoms with E-state index in [1.807, 2.05) is 42.9 Å². The monoisotopic (exact) mass is 394 g/mol. The number of rotatable bonds is 5. The van der Waals surface area contributed by atoms with Crippen molar-refractivity contribution in [2.75, 3.05) is 14.1 Å². The van der Waals surface area contributed by atoms with E-state index in [-0.39, 0.29) is 6.04 Å². The third kappa shape index (κ3) is 3.67. The van der Waals surface area contributed by atoms with Gasteiger partial charge in [0.05, 0.1) is 10.9 Å². The van der Waals surface area contributed by atoms with E-state index in [0.717, 1.165) is 21.3 Å². The van der Waals surface area contributed by atoms with Crippen molar-refractivity contribution in [3.8, 4) is 21.1 Å². The zero-order chi connectivity index (χ0) is 18.8. The van der Waals surface area contributed by atoms with E-state index in [4.69, 9.17) is 11.6 Å². The molecule has 0 bridgehead atoms. The van der Waals surface area contributed by atoms with Crippen LogP contribution in [0, 0.1) is 0 Å². The van der Waals surface area contributed by atoms with Gasteiger partial charge in [0.1, 0.15) is 5.82 Å². The summed E-state index contributed by atoms with van der Waals surface area (Å²) < 4.78 is 0. The van der Waals surface area contributed by atoms with Gasteiger partial charge in [0.15, 0.2) is 0 Å². The average Bonchev–Trinajstić information content (AvgIpc) is 3.34. The van der Waals surface area contributed by atoms with Crippen LogP contribution in [0.5, 0.6) is 0 Å². The lowest BCUT2D eigenvalue weighted by Crippen LogP contribution is -2.21. The van der Waals surface area contributed by atoms with Crippen LogP contribution in [0.2, 0.25) is 5.02 Å². The third-order valence-corrected chi connectivity index (χ3v) is 5.89. The van der Waals surface area contributed by atoms with Gasteiger partial charge in [-0.3, -0.25) is 9.88 Å². The summed E-state index contributed by atoms with van der Waals surface area (Å²) in [5.41, 5.74) is 3.56. The number of thiophene rings is 1. The van der Waals surface area contributed by atoms with E-state index < -0.39 is 0 Å². The first-order valence-electron chi connectivity index (χ1n) is 8.59. The van der Waals surface area contributed by atoms with Gasteiger partial charge in [0.2, 0.25) is 0 Å². The van der Waals surface area contributed by atoms with Gasteiger partial charge < -0.3 is 4.98 Å². The maximum absolute atomic E-state index is 6.11. The predicted molar refractivity (Wildman–Crippen MR) is 112 cm³/mol. The Morgan fingerprint density at radius 2 is 1.78 bits per heavy atom. The van der Waals surface area contributed by atoms with E-state index in [1.54, 1.807) is 17.5 Å². The first kappa shape index (κ1) is 17.9. The maximum atomic E-state index is 6.11. The normalized spacial score (nSPS) is 12.4. The quantitative estimate of drug-likeness (QED) is 0.485. The molecule has 0 spiro atoms. The van der Waals surface area contributed by atoms with Crippen LogP contribution in [0.25, 0.3) is 21.1 Å². The summed E-state index contributed by atoms with van der Waals surface area (Å²) >= 11 is 7.85. The molecule has 1 aromatic carbocycles. The van der Waals surface area contributed by atoms with Crippen LogP contribution in [0.4, 0.5) is 0 Å². The summed E-state index contributed by atoms with van der Waals surface area (Å²) in [7, 11) is 4.18. The summed E-state index contributed by atoms with van der Waals surface area (Å²) in [5, 5.41) is 0.741. The molecule has 0 saturated carbocycles. The Labute approximate surface area is 167 Å². The number of hydrogen-bond donors (Lipinski definition) is 1. The van der Waals surface area contributed by atoms with Gasteiger partial charge in [-0.1, -0.05) is 23.7 Å². The summed E-state index contributed by atoms with van der Waals surface area (Å²) in [5.74, 6) is 0.885. The minimum absolute atomic E-state index is 0.0919. The van der Waals surface area contributed by atoms with Crippen LogP contribution in [-0.4, -0.2) is 33.9 Å². The highest BCUT2D eigenvalue weighted by Crippen LogP contribution is 2.42. The number of aromatic nitrogens is 3. The van der Waals surface area contributed by atoms with Crippen molar-refractivity contribution >= 4 is 22.9 Å². The summed E-state index contributed by atoms with van der Waals surface area (Å²) in [6.45, 7) is 0. The van der Waals surface area contributed by atoms with Crippen molar-refractivity contribution in [3.05, 3.63) is 83.4 Å². The van der Waals surface area contributed by atoms with Crippen LogP contribution in [0.15, 0.2) is 67.3 Å². The molecule has 27 heavy (non-hydrogen) atoms. The number of nitrogens with zero attached hydrogens (tertiary/aromatic N) is 3. The molecule has 0 fully saturated rings. The third-order valence-electron chi connectivity index (χ3n) is 4.44. The number of pyridine rings is 1. The van der Waals surface area contributed by atoms with E-state index in [0.29, 0.717) is 0 Å². The Balaban J connectivity index is 1.88. The van der Waals surface area contributed by atoms with Crippen molar-refractivity contribution in [3.63, 3.8) is 0 Å². The Kier molecular flexibility index (Phi) is 5.07. The molecule has 136 valence electrons. The SMILES string of the molecule is CN(C)[C@H](c1ccc(Cl)cc1)c1cc(-c2ccncc2)sc1-c1ncc[nH]1. The lowest BCUT2D eigenvalue weighted by atomic mass is 9.97. The Morgan fingerprint density at radius 3 is 2.41 bits per heavy atom. The van der Waals surface area contributed by atoms with E-state index >= 15 is 0 Å². The zero-order valence-corrected chi connectivity index (χ0v) is 16.6. The minimum Gasteiger partial charge on any atom is -0.344 e. The number of nitrogens with one attached hydrogen (secondary N) is 1. The Morgan fingerprint density at radius 1 is 1.04 bits per heavy atom. The second kappa shape index (κ2) is 7.64. The summed E-state index contributed by atoms with van der Waals surface area (Å²) in [4.78, 5) is 16.5. The fraction of sp³-hybridized carbons (Fsp3) is 0.143. The number of benzene rings is 1. The molecule has 4 rings (SSSR count). The van der Waals surface area contributed by atoms with Crippen molar-refractivity contribution in [1.29, 1.82) is 0 Å². The lowest BCUT2D eigenvalue weighted by molar-refractivity contribution is 0.343. The molecule has 1 N–H and O–H groups in total. The van der Waals surface area contributed by atoms with E-state index in [9.17, 15) is 0 Å². The molecular formula is C21H19ClN4S. The topological polar surface area (TPSA) is 44.8 Å². The van der Waals surface area contributed by atoms with Gasteiger partial charge >= 0.3 is 0 Å². The van der Waals surface area contributed by atoms with Crippen LogP contribution < -0.4 is 0 Å². The highest BCUT2D eigenvalue weighted by molar-refractivity contribution is 7.19. The largest absolute Gasteiger partial charge is 0.344 e. The molecule has 0 aliphatic heterocycles. The fourth-order valence-corrected chi connectivity index (χ4v) is 4.52. The molecule has 0 saturated heterocycles. The zero-order valence-electron chi connectivity index (χ0n) is 15.1. The summed E-state index contributed by atoms with van der Waals surface area (Å²) in [6.07, 6.45) is 7.30. The average molecular weight is 395 g/mol. The number of imidazole rings is 1. The highest BCUT2D eigenvalue weighted by Gasteiger charge is 2.24. The molecule has 0 aliphatic rings. The lowest BCUT2D eigenvalue weighted by Gasteiger charge is -2.25. The number of aromatic amines is 1. The number of H-pyrrole nitrogens is 1. The van der Waals surface area contributed by atoms with Gasteiger partial charge in [-0.25, -0.2) is 4.98 Å². The second-order valence-electron chi connectivity index (χ2n) is 6.49. The Hall–Kier alpha value is -2.47. The van der Waals surface area contributed by atoms with Crippen molar-refractivity contribution in [2.45, 2.75) is 6.04 Å². The van der Waals surface area contributed by atoms with Crippen molar-refractivity contribution in [2.24, 2.45) is 0 Å². The smallest absolute Gasteiger partial charge is 0.147 e. The second-order valence-corrected chi connectivity index (χ2v) is 7.98. The van der Waals surface area contributed by atoms with Crippen LogP contribution in [-0.2, 0) is 0 Å². The first-order chi connectivity index (χ1) is 13.1. The van der Waals surface area contributed by atoms with Gasteiger partial charge in [-0.2, -0.15) is 0 Å². The minimum atomic E-state index is 0.0919. The van der Waals surface area contributed by atoms with E-state index in [1.165, 1.54) is 16.0 Å². The molecule has 4 aromatic rings. The summed E-state index contributed by atoms with van der Waals surface area (Å²) in [6, 6.07) is 14.5. The van der Waals surface area contributed by atoms with Crippen molar-refractivity contribution < 1.29 is 0 Å². The number of halogens is 1. The standard InChI is InChI=1S/C21H19ClN4S/c1-26(2)19(15-3-5-16(22)6-4-15)17-13-18(14-7-9-23-10-8-14)27-20(17)21-24-11-12-25-21/h3-13,19H,1-2H3,(H,24,25)/t19-/m1/s1. The van der Waals surface area contributed by atoms with Gasteiger partial charge in [0.25, 0.3) is 0 Å². The molecular weight excluding hydrogens is 376 g/mol. The van der Waals surface area contributed by atoms with E-state index in [2.05, 4.69) is 52.1 Å². The molecule has 0 radical (unpaired) electrons. The molecule has 4 nitrogen and oxygen atoms in total. The Bertz CT molecular complexity index is 1010. The molecule has 0 amide bonds.